The zero-order valence-electron chi connectivity index (χ0n) is 7.77. The van der Waals surface area contributed by atoms with Gasteiger partial charge < -0.3 is 14.7 Å². The maximum Gasteiger partial charge on any atom is 0.251 e. The van der Waals surface area contributed by atoms with Crippen molar-refractivity contribution in [3.05, 3.63) is 0 Å². The van der Waals surface area contributed by atoms with Crippen LogP contribution in [0.4, 0.5) is 0 Å². The van der Waals surface area contributed by atoms with Crippen molar-refractivity contribution in [3.63, 3.8) is 0 Å². The summed E-state index contributed by atoms with van der Waals surface area (Å²) in [5.74, 6) is -0.166. The van der Waals surface area contributed by atoms with E-state index in [9.17, 15) is 4.79 Å². The van der Waals surface area contributed by atoms with E-state index in [-0.39, 0.29) is 18.1 Å². The maximum atomic E-state index is 11.4. The minimum absolute atomic E-state index is 0.166. The van der Waals surface area contributed by atoms with E-state index in [4.69, 9.17) is 9.84 Å². The molecule has 2 aliphatic rings. The molecule has 74 valence electrons. The number of rotatable bonds is 1. The second-order valence-corrected chi connectivity index (χ2v) is 3.88. The molecule has 0 aromatic carbocycles. The van der Waals surface area contributed by atoms with Crippen LogP contribution in [0.15, 0.2) is 0 Å². The normalized spacial score (nSPS) is 34.8. The predicted molar refractivity (Wildman–Crippen MR) is 46.2 cm³/mol. The number of morpholine rings is 1. The summed E-state index contributed by atoms with van der Waals surface area (Å²) < 4.78 is 5.58. The van der Waals surface area contributed by atoms with Gasteiger partial charge in [-0.3, -0.25) is 4.79 Å². The molecule has 4 nitrogen and oxygen atoms in total. The summed E-state index contributed by atoms with van der Waals surface area (Å²) in [5.41, 5.74) is 0. The standard InChI is InChI=1S/C9H15NO3/c1-6(11)9(12)10-4-7-2-3-8(5-10)13-7/h6-8,11H,2-5H2,1H3/t6-,7?,8?/m0/s1. The summed E-state index contributed by atoms with van der Waals surface area (Å²) >= 11 is 0. The topological polar surface area (TPSA) is 49.8 Å². The monoisotopic (exact) mass is 185 g/mol. The minimum atomic E-state index is -0.877. The van der Waals surface area contributed by atoms with Crippen molar-refractivity contribution in [2.24, 2.45) is 0 Å². The zero-order chi connectivity index (χ0) is 9.42. The Morgan fingerprint density at radius 3 is 2.46 bits per heavy atom. The average molecular weight is 185 g/mol. The molecule has 2 aliphatic heterocycles. The van der Waals surface area contributed by atoms with Gasteiger partial charge in [0.2, 0.25) is 0 Å². The number of hydrogen-bond donors (Lipinski definition) is 1. The highest BCUT2D eigenvalue weighted by atomic mass is 16.5. The SMILES string of the molecule is C[C@H](O)C(=O)N1CC2CCC(C1)O2. The summed E-state index contributed by atoms with van der Waals surface area (Å²) in [6.45, 7) is 2.82. The predicted octanol–water partition coefficient (Wildman–Crippen LogP) is -0.243. The van der Waals surface area contributed by atoms with Crippen LogP contribution in [-0.2, 0) is 9.53 Å². The van der Waals surface area contributed by atoms with Gasteiger partial charge in [0.15, 0.2) is 0 Å². The van der Waals surface area contributed by atoms with Crippen molar-refractivity contribution >= 4 is 5.91 Å². The van der Waals surface area contributed by atoms with E-state index < -0.39 is 6.10 Å². The van der Waals surface area contributed by atoms with Crippen molar-refractivity contribution in [3.8, 4) is 0 Å². The van der Waals surface area contributed by atoms with Crippen LogP contribution in [0.5, 0.6) is 0 Å². The van der Waals surface area contributed by atoms with E-state index in [0.717, 1.165) is 12.8 Å². The van der Waals surface area contributed by atoms with Crippen molar-refractivity contribution in [2.45, 2.75) is 38.1 Å². The Morgan fingerprint density at radius 1 is 1.46 bits per heavy atom. The molecule has 2 saturated heterocycles. The highest BCUT2D eigenvalue weighted by Crippen LogP contribution is 2.26. The van der Waals surface area contributed by atoms with Gasteiger partial charge in [-0.2, -0.15) is 0 Å². The molecule has 13 heavy (non-hydrogen) atoms. The summed E-state index contributed by atoms with van der Waals surface area (Å²) in [6.07, 6.45) is 1.64. The zero-order valence-corrected chi connectivity index (χ0v) is 7.77. The number of ether oxygens (including phenoxy) is 1. The molecule has 2 heterocycles. The lowest BCUT2D eigenvalue weighted by atomic mass is 10.2. The Bertz CT molecular complexity index is 205. The van der Waals surface area contributed by atoms with Gasteiger partial charge in [-0.15, -0.1) is 0 Å². The quantitative estimate of drug-likeness (QED) is 0.613. The van der Waals surface area contributed by atoms with Gasteiger partial charge in [-0.25, -0.2) is 0 Å². The van der Waals surface area contributed by atoms with E-state index in [1.165, 1.54) is 6.92 Å². The van der Waals surface area contributed by atoms with Crippen LogP contribution in [0.25, 0.3) is 0 Å². The van der Waals surface area contributed by atoms with E-state index in [1.54, 1.807) is 4.90 Å². The summed E-state index contributed by atoms with van der Waals surface area (Å²) in [5, 5.41) is 9.13. The Morgan fingerprint density at radius 2 is 2.00 bits per heavy atom. The molecule has 1 amide bonds. The first kappa shape index (κ1) is 8.97. The van der Waals surface area contributed by atoms with Gasteiger partial charge in [0.25, 0.3) is 5.91 Å². The van der Waals surface area contributed by atoms with Crippen molar-refractivity contribution in [1.82, 2.24) is 4.90 Å². The first-order valence-electron chi connectivity index (χ1n) is 4.79. The largest absolute Gasteiger partial charge is 0.384 e. The van der Waals surface area contributed by atoms with E-state index >= 15 is 0 Å². The molecule has 3 atom stereocenters. The number of likely N-dealkylation sites (tertiary alicyclic amines) is 1. The van der Waals surface area contributed by atoms with Crippen LogP contribution in [0.3, 0.4) is 0 Å². The van der Waals surface area contributed by atoms with Crippen LogP contribution in [0.2, 0.25) is 0 Å². The first-order valence-corrected chi connectivity index (χ1v) is 4.79. The number of amides is 1. The van der Waals surface area contributed by atoms with Crippen LogP contribution in [0.1, 0.15) is 19.8 Å². The van der Waals surface area contributed by atoms with Gasteiger partial charge in [0.1, 0.15) is 6.10 Å². The molecule has 0 radical (unpaired) electrons. The number of nitrogens with zero attached hydrogens (tertiary/aromatic N) is 1. The summed E-state index contributed by atoms with van der Waals surface area (Å²) in [4.78, 5) is 13.2. The van der Waals surface area contributed by atoms with Crippen LogP contribution in [0, 0.1) is 0 Å². The second kappa shape index (κ2) is 3.27. The highest BCUT2D eigenvalue weighted by molar-refractivity contribution is 5.80. The third kappa shape index (κ3) is 1.69. The van der Waals surface area contributed by atoms with Gasteiger partial charge in [0.05, 0.1) is 12.2 Å². The number of carbonyl (C=O) groups is 1. The van der Waals surface area contributed by atoms with Crippen LogP contribution < -0.4 is 0 Å². The van der Waals surface area contributed by atoms with Crippen LogP contribution in [-0.4, -0.2) is 47.3 Å². The molecule has 0 aromatic rings. The summed E-state index contributed by atoms with van der Waals surface area (Å²) in [7, 11) is 0. The lowest BCUT2D eigenvalue weighted by Crippen LogP contribution is -2.48. The van der Waals surface area contributed by atoms with Gasteiger partial charge >= 0.3 is 0 Å². The first-order chi connectivity index (χ1) is 6.16. The van der Waals surface area contributed by atoms with Crippen molar-refractivity contribution < 1.29 is 14.6 Å². The molecule has 0 spiro atoms. The Kier molecular flexibility index (Phi) is 2.26. The Labute approximate surface area is 77.5 Å². The van der Waals surface area contributed by atoms with Gasteiger partial charge in [-0.1, -0.05) is 0 Å². The van der Waals surface area contributed by atoms with Crippen molar-refractivity contribution in [2.75, 3.05) is 13.1 Å². The molecule has 2 fully saturated rings. The number of hydrogen-bond acceptors (Lipinski definition) is 3. The molecular formula is C9H15NO3. The van der Waals surface area contributed by atoms with Crippen molar-refractivity contribution in [1.29, 1.82) is 0 Å². The Balaban J connectivity index is 1.98. The molecular weight excluding hydrogens is 170 g/mol. The molecule has 0 saturated carbocycles. The molecule has 0 aromatic heterocycles. The maximum absolute atomic E-state index is 11.4. The lowest BCUT2D eigenvalue weighted by Gasteiger charge is -2.32. The number of aliphatic hydroxyl groups is 1. The second-order valence-electron chi connectivity index (χ2n) is 3.88. The molecule has 0 aliphatic carbocycles. The average Bonchev–Trinajstić information content (AvgIpc) is 2.44. The fourth-order valence-electron chi connectivity index (χ4n) is 2.06. The fourth-order valence-corrected chi connectivity index (χ4v) is 2.06. The molecule has 2 rings (SSSR count). The van der Waals surface area contributed by atoms with E-state index in [2.05, 4.69) is 0 Å². The van der Waals surface area contributed by atoms with E-state index in [0.29, 0.717) is 13.1 Å². The number of aliphatic hydroxyl groups excluding tert-OH is 1. The number of carbonyl (C=O) groups excluding carboxylic acids is 1. The number of fused-ring (bicyclic) bond motifs is 2. The lowest BCUT2D eigenvalue weighted by molar-refractivity contribution is -0.147. The molecule has 2 bridgehead atoms. The fraction of sp³-hybridized carbons (Fsp3) is 0.889. The molecule has 2 unspecified atom stereocenters. The smallest absolute Gasteiger partial charge is 0.251 e. The van der Waals surface area contributed by atoms with Crippen LogP contribution >= 0.6 is 0 Å². The minimum Gasteiger partial charge on any atom is -0.384 e. The molecule has 4 heteroatoms. The third-order valence-corrected chi connectivity index (χ3v) is 2.71. The Hall–Kier alpha value is -0.610. The molecule has 1 N–H and O–H groups in total. The van der Waals surface area contributed by atoms with Gasteiger partial charge in [0, 0.05) is 13.1 Å². The van der Waals surface area contributed by atoms with E-state index in [1.807, 2.05) is 0 Å². The third-order valence-electron chi connectivity index (χ3n) is 2.71. The highest BCUT2D eigenvalue weighted by Gasteiger charge is 2.36. The summed E-state index contributed by atoms with van der Waals surface area (Å²) in [6, 6.07) is 0. The van der Waals surface area contributed by atoms with Gasteiger partial charge in [-0.05, 0) is 19.8 Å².